The molecule has 0 spiro atoms. The van der Waals surface area contributed by atoms with Crippen molar-refractivity contribution in [1.29, 1.82) is 0 Å². The van der Waals surface area contributed by atoms with E-state index in [0.717, 1.165) is 55.8 Å². The zero-order chi connectivity index (χ0) is 24.2. The summed E-state index contributed by atoms with van der Waals surface area (Å²) in [6, 6.07) is 6.77. The minimum atomic E-state index is -0.250. The Balaban J connectivity index is 0.000000868. The van der Waals surface area contributed by atoms with E-state index in [0.29, 0.717) is 29.8 Å². The quantitative estimate of drug-likeness (QED) is 0.646. The molecule has 1 N–H and O–H groups in total. The lowest BCUT2D eigenvalue weighted by molar-refractivity contribution is -0.153. The predicted molar refractivity (Wildman–Crippen MR) is 132 cm³/mol. The SMILES string of the molecule is Cc1cccc(C(=O)N2C[C@H]3C[C@@H](C2)[C@H](CC2CCCCC2)N2C(=O)CCC[C@@H]32)c1C.O=CO. The fourth-order valence-corrected chi connectivity index (χ4v) is 7.16. The van der Waals surface area contributed by atoms with Gasteiger partial charge in [-0.25, -0.2) is 0 Å². The molecular weight excluding hydrogens is 428 g/mol. The number of amides is 2. The smallest absolute Gasteiger partial charge is 0.290 e. The molecule has 4 aliphatic rings. The minimum absolute atomic E-state index is 0.197. The summed E-state index contributed by atoms with van der Waals surface area (Å²) in [5, 5.41) is 6.89. The number of carbonyl (C=O) groups excluding carboxylic acids is 2. The van der Waals surface area contributed by atoms with E-state index < -0.39 is 0 Å². The second-order valence-electron chi connectivity index (χ2n) is 10.9. The van der Waals surface area contributed by atoms with E-state index in [-0.39, 0.29) is 12.4 Å². The second kappa shape index (κ2) is 10.9. The van der Waals surface area contributed by atoms with Gasteiger partial charge in [-0.1, -0.05) is 44.2 Å². The number of nitrogens with zero attached hydrogens (tertiary/aromatic N) is 2. The molecule has 1 saturated carbocycles. The molecule has 0 aromatic heterocycles. The molecule has 3 saturated heterocycles. The first kappa shape index (κ1) is 24.7. The summed E-state index contributed by atoms with van der Waals surface area (Å²) in [7, 11) is 0. The van der Waals surface area contributed by atoms with Crippen LogP contribution in [0.15, 0.2) is 18.2 Å². The number of hydrogen-bond donors (Lipinski definition) is 1. The molecular formula is C28H40N2O4. The van der Waals surface area contributed by atoms with Crippen LogP contribution in [-0.2, 0) is 9.59 Å². The van der Waals surface area contributed by atoms with Crippen molar-refractivity contribution in [3.8, 4) is 0 Å². The summed E-state index contributed by atoms with van der Waals surface area (Å²) in [4.78, 5) is 39.5. The molecule has 6 heteroatoms. The first-order chi connectivity index (χ1) is 16.4. The summed E-state index contributed by atoms with van der Waals surface area (Å²) in [5.74, 6) is 2.23. The van der Waals surface area contributed by atoms with Crippen LogP contribution in [0, 0.1) is 31.6 Å². The second-order valence-corrected chi connectivity index (χ2v) is 10.9. The molecule has 4 atom stereocenters. The molecule has 1 aromatic rings. The third kappa shape index (κ3) is 5.01. The summed E-state index contributed by atoms with van der Waals surface area (Å²) in [5.41, 5.74) is 3.15. The van der Waals surface area contributed by atoms with Crippen molar-refractivity contribution in [3.05, 3.63) is 34.9 Å². The van der Waals surface area contributed by atoms with E-state index in [1.165, 1.54) is 44.1 Å². The number of carbonyl (C=O) groups is 3. The monoisotopic (exact) mass is 468 g/mol. The first-order valence-electron chi connectivity index (χ1n) is 13.2. The van der Waals surface area contributed by atoms with Crippen molar-refractivity contribution in [2.75, 3.05) is 13.1 Å². The summed E-state index contributed by atoms with van der Waals surface area (Å²) >= 11 is 0. The zero-order valence-corrected chi connectivity index (χ0v) is 20.7. The fourth-order valence-electron chi connectivity index (χ4n) is 7.16. The molecule has 0 radical (unpaired) electrons. The molecule has 3 heterocycles. The number of fused-ring (bicyclic) bond motifs is 4. The summed E-state index contributed by atoms with van der Waals surface area (Å²) in [6.45, 7) is 5.54. The zero-order valence-electron chi connectivity index (χ0n) is 20.7. The van der Waals surface area contributed by atoms with Crippen LogP contribution in [0.4, 0.5) is 0 Å². The minimum Gasteiger partial charge on any atom is -0.483 e. The van der Waals surface area contributed by atoms with Crippen LogP contribution in [0.2, 0.25) is 0 Å². The highest BCUT2D eigenvalue weighted by Gasteiger charge is 2.50. The maximum absolute atomic E-state index is 13.6. The van der Waals surface area contributed by atoms with E-state index in [2.05, 4.69) is 29.7 Å². The van der Waals surface area contributed by atoms with Gasteiger partial charge in [-0.05, 0) is 74.5 Å². The molecule has 4 fully saturated rings. The molecule has 186 valence electrons. The Morgan fingerprint density at radius 2 is 1.76 bits per heavy atom. The highest BCUT2D eigenvalue weighted by atomic mass is 16.3. The number of hydrogen-bond acceptors (Lipinski definition) is 3. The topological polar surface area (TPSA) is 77.9 Å². The van der Waals surface area contributed by atoms with E-state index in [9.17, 15) is 9.59 Å². The summed E-state index contributed by atoms with van der Waals surface area (Å²) in [6.07, 6.45) is 11.9. The van der Waals surface area contributed by atoms with Crippen LogP contribution >= 0.6 is 0 Å². The molecule has 2 bridgehead atoms. The number of aryl methyl sites for hydroxylation is 1. The van der Waals surface area contributed by atoms with Crippen molar-refractivity contribution in [1.82, 2.24) is 9.80 Å². The lowest BCUT2D eigenvalue weighted by atomic mass is 9.69. The van der Waals surface area contributed by atoms with Gasteiger partial charge in [0.05, 0.1) is 0 Å². The molecule has 34 heavy (non-hydrogen) atoms. The Labute approximate surface area is 203 Å². The molecule has 6 nitrogen and oxygen atoms in total. The Bertz CT molecular complexity index is 894. The Hall–Kier alpha value is -2.37. The normalized spacial score (nSPS) is 29.1. The Kier molecular flexibility index (Phi) is 7.95. The molecule has 5 rings (SSSR count). The third-order valence-electron chi connectivity index (χ3n) is 8.92. The fraction of sp³-hybridized carbons (Fsp3) is 0.679. The van der Waals surface area contributed by atoms with Crippen LogP contribution < -0.4 is 0 Å². The average molecular weight is 469 g/mol. The van der Waals surface area contributed by atoms with Gasteiger partial charge in [0.25, 0.3) is 12.4 Å². The molecule has 1 aromatic carbocycles. The first-order valence-corrected chi connectivity index (χ1v) is 13.2. The van der Waals surface area contributed by atoms with Crippen LogP contribution in [0.1, 0.15) is 85.7 Å². The van der Waals surface area contributed by atoms with Gasteiger partial charge in [-0.15, -0.1) is 0 Å². The maximum atomic E-state index is 13.6. The van der Waals surface area contributed by atoms with Crippen molar-refractivity contribution >= 4 is 18.3 Å². The Morgan fingerprint density at radius 3 is 2.50 bits per heavy atom. The average Bonchev–Trinajstić information content (AvgIpc) is 2.84. The maximum Gasteiger partial charge on any atom is 0.290 e. The summed E-state index contributed by atoms with van der Waals surface area (Å²) < 4.78 is 0. The molecule has 3 aliphatic heterocycles. The van der Waals surface area contributed by atoms with Crippen molar-refractivity contribution in [2.45, 2.75) is 90.1 Å². The van der Waals surface area contributed by atoms with Crippen LogP contribution in [-0.4, -0.2) is 58.4 Å². The number of piperidine rings is 3. The third-order valence-corrected chi connectivity index (χ3v) is 8.92. The number of carboxylic acid groups (broad SMARTS) is 1. The van der Waals surface area contributed by atoms with Crippen molar-refractivity contribution in [2.24, 2.45) is 17.8 Å². The van der Waals surface area contributed by atoms with Gasteiger partial charge >= 0.3 is 0 Å². The van der Waals surface area contributed by atoms with Crippen molar-refractivity contribution in [3.63, 3.8) is 0 Å². The van der Waals surface area contributed by atoms with Gasteiger partial charge in [0.15, 0.2) is 0 Å². The highest BCUT2D eigenvalue weighted by molar-refractivity contribution is 5.96. The van der Waals surface area contributed by atoms with Crippen LogP contribution in [0.5, 0.6) is 0 Å². The largest absolute Gasteiger partial charge is 0.483 e. The van der Waals surface area contributed by atoms with Gasteiger partial charge in [0.1, 0.15) is 0 Å². The van der Waals surface area contributed by atoms with E-state index in [1.54, 1.807) is 0 Å². The standard InChI is InChI=1S/C27H38N2O2.CH2O2/c1-18-8-6-11-23(19(18)2)27(31)28-16-21-15-22(17-28)25(14-20-9-4-3-5-10-20)29-24(21)12-7-13-26(29)30;2-1-3/h6,8,11,20-22,24-25H,3-5,7,9-10,12-17H2,1-2H3;1H,(H,2,3)/t21-,22+,24+,25+;/m1./s1. The van der Waals surface area contributed by atoms with Crippen molar-refractivity contribution < 1.29 is 19.5 Å². The van der Waals surface area contributed by atoms with Gasteiger partial charge < -0.3 is 14.9 Å². The number of benzene rings is 1. The molecule has 0 unspecified atom stereocenters. The van der Waals surface area contributed by atoms with Gasteiger partial charge in [-0.2, -0.15) is 0 Å². The van der Waals surface area contributed by atoms with Gasteiger partial charge in [0.2, 0.25) is 5.91 Å². The van der Waals surface area contributed by atoms with Gasteiger partial charge in [0, 0.05) is 37.2 Å². The van der Waals surface area contributed by atoms with Crippen LogP contribution in [0.3, 0.4) is 0 Å². The van der Waals surface area contributed by atoms with E-state index in [4.69, 9.17) is 9.90 Å². The predicted octanol–water partition coefficient (Wildman–Crippen LogP) is 4.82. The highest BCUT2D eigenvalue weighted by Crippen LogP contribution is 2.45. The lowest BCUT2D eigenvalue weighted by Gasteiger charge is -2.57. The Morgan fingerprint density at radius 1 is 1.06 bits per heavy atom. The molecule has 1 aliphatic carbocycles. The van der Waals surface area contributed by atoms with Gasteiger partial charge in [-0.3, -0.25) is 14.4 Å². The number of likely N-dealkylation sites (tertiary alicyclic amines) is 1. The number of rotatable bonds is 3. The van der Waals surface area contributed by atoms with Crippen LogP contribution in [0.25, 0.3) is 0 Å². The lowest BCUT2D eigenvalue weighted by Crippen LogP contribution is -2.65. The van der Waals surface area contributed by atoms with E-state index >= 15 is 0 Å². The molecule has 2 amide bonds. The van der Waals surface area contributed by atoms with E-state index in [1.807, 2.05) is 12.1 Å².